The molecule has 2 aliphatic rings. The number of para-hydroxylation sites is 3. The maximum absolute atomic E-state index is 11.0. The minimum atomic E-state index is -0.431. The molecule has 1 atom stereocenters. The second-order valence-corrected chi connectivity index (χ2v) is 10.1. The van der Waals surface area contributed by atoms with E-state index in [9.17, 15) is 5.11 Å². The van der Waals surface area contributed by atoms with Gasteiger partial charge in [0.1, 0.15) is 0 Å². The second kappa shape index (κ2) is 12.1. The first-order chi connectivity index (χ1) is 18.1. The molecule has 8 nitrogen and oxygen atoms in total. The lowest BCUT2D eigenvalue weighted by atomic mass is 10.2. The number of methoxy groups -OCH3 is 1. The van der Waals surface area contributed by atoms with E-state index in [1.807, 2.05) is 66.2 Å². The molecule has 0 radical (unpaired) electrons. The average molecular weight is 507 g/mol. The minimum absolute atomic E-state index is 0.431. The van der Waals surface area contributed by atoms with E-state index in [-0.39, 0.29) is 0 Å². The number of benzene rings is 2. The molecule has 2 aromatic carbocycles. The Balaban J connectivity index is 1.42. The maximum atomic E-state index is 11.0. The van der Waals surface area contributed by atoms with E-state index in [1.165, 1.54) is 12.8 Å². The summed E-state index contributed by atoms with van der Waals surface area (Å²) in [5.74, 6) is 2.68. The quantitative estimate of drug-likeness (QED) is 0.400. The van der Waals surface area contributed by atoms with Crippen LogP contribution in [0.25, 0.3) is 5.69 Å². The number of aliphatic hydroxyl groups is 1. The molecule has 1 aromatic heterocycles. The summed E-state index contributed by atoms with van der Waals surface area (Å²) in [7, 11) is 1.65. The average Bonchev–Trinajstić information content (AvgIpc) is 3.69. The Hall–Kier alpha value is -2.91. The van der Waals surface area contributed by atoms with Gasteiger partial charge in [0.25, 0.3) is 0 Å². The molecule has 3 aromatic rings. The van der Waals surface area contributed by atoms with Crippen molar-refractivity contribution in [3.8, 4) is 23.1 Å². The molecule has 1 saturated carbocycles. The number of aromatic nitrogens is 2. The summed E-state index contributed by atoms with van der Waals surface area (Å²) in [6.07, 6.45) is 2.08. The Bertz CT molecular complexity index is 1140. The molecule has 1 aliphatic heterocycles. The van der Waals surface area contributed by atoms with Crippen molar-refractivity contribution in [2.75, 3.05) is 53.0 Å². The first kappa shape index (κ1) is 25.7. The van der Waals surface area contributed by atoms with Crippen molar-refractivity contribution in [1.29, 1.82) is 0 Å². The predicted octanol–water partition coefficient (Wildman–Crippen LogP) is 3.89. The standard InChI is InChI=1S/C29H38N4O4/c1-22-26(21-32(18-23-12-13-23)20-25(34)19-31-14-16-36-17-15-31)29(33(30-22)24-8-4-3-5-9-24)37-28-11-7-6-10-27(28)35-2/h3-11,23,25,34H,12-21H2,1-2H3/t25-/m1/s1. The van der Waals surface area contributed by atoms with Gasteiger partial charge >= 0.3 is 0 Å². The van der Waals surface area contributed by atoms with Crippen molar-refractivity contribution >= 4 is 0 Å². The van der Waals surface area contributed by atoms with Crippen LogP contribution in [0, 0.1) is 12.8 Å². The van der Waals surface area contributed by atoms with Crippen molar-refractivity contribution in [3.05, 3.63) is 65.9 Å². The van der Waals surface area contributed by atoms with E-state index in [0.717, 1.165) is 49.8 Å². The highest BCUT2D eigenvalue weighted by atomic mass is 16.5. The van der Waals surface area contributed by atoms with Gasteiger partial charge in [-0.1, -0.05) is 30.3 Å². The number of morpholine rings is 1. The van der Waals surface area contributed by atoms with Crippen LogP contribution < -0.4 is 9.47 Å². The molecule has 5 rings (SSSR count). The highest BCUT2D eigenvalue weighted by Gasteiger charge is 2.29. The summed E-state index contributed by atoms with van der Waals surface area (Å²) in [4.78, 5) is 4.66. The van der Waals surface area contributed by atoms with E-state index in [0.29, 0.717) is 42.9 Å². The fourth-order valence-corrected chi connectivity index (χ4v) is 4.91. The van der Waals surface area contributed by atoms with Gasteiger partial charge in [-0.25, -0.2) is 4.68 Å². The Labute approximate surface area is 219 Å². The lowest BCUT2D eigenvalue weighted by Gasteiger charge is -2.31. The smallest absolute Gasteiger partial charge is 0.227 e. The van der Waals surface area contributed by atoms with Crippen LogP contribution >= 0.6 is 0 Å². The van der Waals surface area contributed by atoms with Crippen molar-refractivity contribution < 1.29 is 19.3 Å². The van der Waals surface area contributed by atoms with E-state index >= 15 is 0 Å². The van der Waals surface area contributed by atoms with Gasteiger partial charge in [-0.05, 0) is 49.9 Å². The lowest BCUT2D eigenvalue weighted by molar-refractivity contribution is 0.00585. The van der Waals surface area contributed by atoms with Gasteiger partial charge in [0.05, 0.1) is 43.4 Å². The van der Waals surface area contributed by atoms with Gasteiger partial charge in [0, 0.05) is 39.3 Å². The topological polar surface area (TPSA) is 72.2 Å². The normalized spacial score (nSPS) is 17.2. The second-order valence-electron chi connectivity index (χ2n) is 10.1. The molecule has 2 heterocycles. The first-order valence-corrected chi connectivity index (χ1v) is 13.3. The Kier molecular flexibility index (Phi) is 8.41. The van der Waals surface area contributed by atoms with Crippen LogP contribution in [-0.2, 0) is 11.3 Å². The van der Waals surface area contributed by atoms with Gasteiger partial charge in [0.2, 0.25) is 5.88 Å². The van der Waals surface area contributed by atoms with E-state index in [4.69, 9.17) is 19.3 Å². The first-order valence-electron chi connectivity index (χ1n) is 13.3. The number of nitrogens with zero attached hydrogens (tertiary/aromatic N) is 4. The van der Waals surface area contributed by atoms with Crippen LogP contribution in [-0.4, -0.2) is 83.8 Å². The molecule has 37 heavy (non-hydrogen) atoms. The molecule has 198 valence electrons. The molecule has 0 bridgehead atoms. The third-order valence-electron chi connectivity index (χ3n) is 7.05. The number of aliphatic hydroxyl groups excluding tert-OH is 1. The molecule has 0 amide bonds. The molecule has 0 unspecified atom stereocenters. The van der Waals surface area contributed by atoms with Gasteiger partial charge in [0.15, 0.2) is 11.5 Å². The zero-order valence-corrected chi connectivity index (χ0v) is 21.9. The molecule has 1 N–H and O–H groups in total. The Morgan fingerprint density at radius 1 is 1.05 bits per heavy atom. The molecular formula is C29H38N4O4. The van der Waals surface area contributed by atoms with Crippen LogP contribution in [0.5, 0.6) is 17.4 Å². The molecule has 2 fully saturated rings. The number of hydrogen-bond donors (Lipinski definition) is 1. The van der Waals surface area contributed by atoms with Gasteiger partial charge in [-0.15, -0.1) is 0 Å². The minimum Gasteiger partial charge on any atom is -0.493 e. The number of β-amino-alcohol motifs (C(OH)–C–C–N with tert-alkyl or cyclic N) is 1. The number of rotatable bonds is 12. The molecule has 0 spiro atoms. The zero-order valence-electron chi connectivity index (χ0n) is 21.9. The third-order valence-corrected chi connectivity index (χ3v) is 7.05. The lowest BCUT2D eigenvalue weighted by Crippen LogP contribution is -2.44. The summed E-state index contributed by atoms with van der Waals surface area (Å²) in [6.45, 7) is 8.14. The van der Waals surface area contributed by atoms with Crippen LogP contribution in [0.2, 0.25) is 0 Å². The van der Waals surface area contributed by atoms with Gasteiger partial charge < -0.3 is 19.3 Å². The summed E-state index contributed by atoms with van der Waals surface area (Å²) >= 11 is 0. The SMILES string of the molecule is COc1ccccc1Oc1c(CN(CC2CC2)C[C@H](O)CN2CCOCC2)c(C)nn1-c1ccccc1. The van der Waals surface area contributed by atoms with Crippen molar-refractivity contribution in [2.24, 2.45) is 5.92 Å². The highest BCUT2D eigenvalue weighted by Crippen LogP contribution is 2.37. The van der Waals surface area contributed by atoms with Crippen LogP contribution in [0.1, 0.15) is 24.1 Å². The van der Waals surface area contributed by atoms with Gasteiger partial charge in [-0.3, -0.25) is 9.80 Å². The third kappa shape index (κ3) is 6.70. The summed E-state index contributed by atoms with van der Waals surface area (Å²) < 4.78 is 19.5. The van der Waals surface area contributed by atoms with Gasteiger partial charge in [-0.2, -0.15) is 5.10 Å². The fourth-order valence-electron chi connectivity index (χ4n) is 4.91. The summed E-state index contributed by atoms with van der Waals surface area (Å²) in [5, 5.41) is 15.9. The van der Waals surface area contributed by atoms with E-state index in [1.54, 1.807) is 7.11 Å². The fraction of sp³-hybridized carbons (Fsp3) is 0.483. The van der Waals surface area contributed by atoms with Crippen molar-refractivity contribution in [2.45, 2.75) is 32.4 Å². The zero-order chi connectivity index (χ0) is 25.6. The number of ether oxygens (including phenoxy) is 3. The molecule has 1 saturated heterocycles. The predicted molar refractivity (Wildman–Crippen MR) is 143 cm³/mol. The van der Waals surface area contributed by atoms with Crippen molar-refractivity contribution in [3.63, 3.8) is 0 Å². The maximum Gasteiger partial charge on any atom is 0.227 e. The Morgan fingerprint density at radius 3 is 2.46 bits per heavy atom. The van der Waals surface area contributed by atoms with E-state index in [2.05, 4.69) is 9.80 Å². The highest BCUT2D eigenvalue weighted by molar-refractivity contribution is 5.47. The van der Waals surface area contributed by atoms with Crippen LogP contribution in [0.4, 0.5) is 0 Å². The van der Waals surface area contributed by atoms with Crippen molar-refractivity contribution in [1.82, 2.24) is 19.6 Å². The van der Waals surface area contributed by atoms with Crippen LogP contribution in [0.15, 0.2) is 54.6 Å². The summed E-state index contributed by atoms with van der Waals surface area (Å²) in [5.41, 5.74) is 2.87. The van der Waals surface area contributed by atoms with Crippen LogP contribution in [0.3, 0.4) is 0 Å². The monoisotopic (exact) mass is 506 g/mol. The molecule has 8 heteroatoms. The molecular weight excluding hydrogens is 468 g/mol. The van der Waals surface area contributed by atoms with E-state index < -0.39 is 6.10 Å². The largest absolute Gasteiger partial charge is 0.493 e. The summed E-state index contributed by atoms with van der Waals surface area (Å²) in [6, 6.07) is 17.7. The number of hydrogen-bond acceptors (Lipinski definition) is 7. The Morgan fingerprint density at radius 2 is 1.76 bits per heavy atom. The molecule has 1 aliphatic carbocycles. The number of aryl methyl sites for hydroxylation is 1.